The molecule has 0 aromatic rings. The molecule has 0 aliphatic carbocycles. The zero-order valence-electron chi connectivity index (χ0n) is 6.84. The van der Waals surface area contributed by atoms with Crippen LogP contribution < -0.4 is 0 Å². The first kappa shape index (κ1) is 11.8. The lowest BCUT2D eigenvalue weighted by Crippen LogP contribution is -2.05. The van der Waals surface area contributed by atoms with Crippen molar-refractivity contribution in [2.45, 2.75) is 0 Å². The maximum atomic E-state index is 10.7. The summed E-state index contributed by atoms with van der Waals surface area (Å²) in [7, 11) is 0. The molecule has 0 aliphatic heterocycles. The Balaban J connectivity index is 4.92. The molecule has 0 radical (unpaired) electrons. The fourth-order valence-corrected chi connectivity index (χ4v) is 0.564. The highest BCUT2D eigenvalue weighted by molar-refractivity contribution is 6.34. The average molecular weight is 198 g/mol. The molecule has 0 saturated heterocycles. The van der Waals surface area contributed by atoms with Gasteiger partial charge in [0, 0.05) is 17.7 Å². The van der Waals surface area contributed by atoms with Crippen molar-refractivity contribution in [2.24, 2.45) is 0 Å². The summed E-state index contributed by atoms with van der Waals surface area (Å²) in [5.74, 6) is -3.88. The van der Waals surface area contributed by atoms with Gasteiger partial charge in [-0.25, -0.2) is 9.59 Å². The van der Waals surface area contributed by atoms with Crippen LogP contribution in [-0.4, -0.2) is 34.2 Å². The van der Waals surface area contributed by atoms with E-state index in [1.54, 1.807) is 0 Å². The van der Waals surface area contributed by atoms with E-state index in [9.17, 15) is 19.2 Å². The third kappa shape index (κ3) is 4.60. The summed E-state index contributed by atoms with van der Waals surface area (Å²) in [5, 5.41) is 16.5. The van der Waals surface area contributed by atoms with Crippen LogP contribution in [0.3, 0.4) is 0 Å². The summed E-state index contributed by atoms with van der Waals surface area (Å²) in [6.45, 7) is 0. The number of carbonyl (C=O) groups is 4. The Morgan fingerprint density at radius 2 is 1.50 bits per heavy atom. The monoisotopic (exact) mass is 198 g/mol. The van der Waals surface area contributed by atoms with E-state index in [-0.39, 0.29) is 6.29 Å². The number of aliphatic carboxylic acids is 2. The lowest BCUT2D eigenvalue weighted by Gasteiger charge is -1.91. The molecule has 0 aromatic carbocycles. The number of rotatable bonds is 5. The summed E-state index contributed by atoms with van der Waals surface area (Å²) < 4.78 is 0. The van der Waals surface area contributed by atoms with E-state index in [1.807, 2.05) is 0 Å². The number of Topliss-reactive ketones (excluding diaryl/α,β-unsaturated/α-hetero) is 1. The highest BCUT2D eigenvalue weighted by atomic mass is 16.4. The zero-order valence-corrected chi connectivity index (χ0v) is 6.84. The van der Waals surface area contributed by atoms with Gasteiger partial charge in [0.15, 0.2) is 6.29 Å². The summed E-state index contributed by atoms with van der Waals surface area (Å²) in [5.41, 5.74) is -0.491. The molecule has 0 bridgehead atoms. The van der Waals surface area contributed by atoms with Crippen LogP contribution >= 0.6 is 0 Å². The molecule has 0 heterocycles. The maximum Gasteiger partial charge on any atom is 0.329 e. The Morgan fingerprint density at radius 1 is 0.929 bits per heavy atom. The zero-order chi connectivity index (χ0) is 11.1. The van der Waals surface area contributed by atoms with Gasteiger partial charge in [-0.15, -0.1) is 0 Å². The van der Waals surface area contributed by atoms with E-state index in [1.165, 1.54) is 0 Å². The first-order valence-electron chi connectivity index (χ1n) is 3.32. The average Bonchev–Trinajstić information content (AvgIpc) is 2.10. The van der Waals surface area contributed by atoms with E-state index in [4.69, 9.17) is 10.2 Å². The van der Waals surface area contributed by atoms with Crippen molar-refractivity contribution in [1.82, 2.24) is 0 Å². The van der Waals surface area contributed by atoms with Crippen LogP contribution in [0.25, 0.3) is 0 Å². The Hall–Kier alpha value is -2.24. The predicted molar refractivity (Wildman–Crippen MR) is 43.6 cm³/mol. The Morgan fingerprint density at radius 3 is 1.86 bits per heavy atom. The van der Waals surface area contributed by atoms with Gasteiger partial charge >= 0.3 is 11.9 Å². The Bertz CT molecular complexity index is 336. The molecule has 0 saturated carbocycles. The normalized spacial score (nSPS) is 11.3. The number of carboxylic acid groups (broad SMARTS) is 2. The second-order valence-corrected chi connectivity index (χ2v) is 2.09. The number of carboxylic acids is 2. The fraction of sp³-hybridized carbons (Fsp3) is 0. The molecular weight excluding hydrogens is 192 g/mol. The predicted octanol–water partition coefficient (Wildman–Crippen LogP) is -0.594. The number of hydrogen-bond donors (Lipinski definition) is 2. The van der Waals surface area contributed by atoms with Gasteiger partial charge in [-0.05, 0) is 6.08 Å². The molecule has 6 nitrogen and oxygen atoms in total. The van der Waals surface area contributed by atoms with E-state index in [0.717, 1.165) is 6.08 Å². The van der Waals surface area contributed by atoms with Gasteiger partial charge in [-0.2, -0.15) is 0 Å². The molecule has 2 N–H and O–H groups in total. The van der Waals surface area contributed by atoms with E-state index >= 15 is 0 Å². The van der Waals surface area contributed by atoms with Crippen molar-refractivity contribution in [3.63, 3.8) is 0 Å². The molecule has 0 aromatic heterocycles. The summed E-state index contributed by atoms with van der Waals surface area (Å²) in [4.78, 5) is 40.9. The van der Waals surface area contributed by atoms with Crippen LogP contribution in [0.4, 0.5) is 0 Å². The molecule has 0 rings (SSSR count). The maximum absolute atomic E-state index is 10.7. The largest absolute Gasteiger partial charge is 0.478 e. The molecule has 74 valence electrons. The van der Waals surface area contributed by atoms with Gasteiger partial charge in [0.05, 0.1) is 0 Å². The van der Waals surface area contributed by atoms with Crippen molar-refractivity contribution in [1.29, 1.82) is 0 Å². The van der Waals surface area contributed by atoms with Crippen LogP contribution in [0.1, 0.15) is 0 Å². The second kappa shape index (κ2) is 5.41. The molecule has 6 heteroatoms. The van der Waals surface area contributed by atoms with Crippen molar-refractivity contribution < 1.29 is 29.4 Å². The molecule has 0 atom stereocenters. The second-order valence-electron chi connectivity index (χ2n) is 2.09. The van der Waals surface area contributed by atoms with Crippen molar-refractivity contribution >= 4 is 24.0 Å². The number of carbonyl (C=O) groups excluding carboxylic acids is 2. The van der Waals surface area contributed by atoms with Crippen molar-refractivity contribution in [3.8, 4) is 0 Å². The first-order valence-corrected chi connectivity index (χ1v) is 3.32. The summed E-state index contributed by atoms with van der Waals surface area (Å²) >= 11 is 0. The van der Waals surface area contributed by atoms with Gasteiger partial charge < -0.3 is 10.2 Å². The number of ketones is 1. The number of allylic oxidation sites excluding steroid dienone is 2. The van der Waals surface area contributed by atoms with Gasteiger partial charge in [-0.1, -0.05) is 0 Å². The number of hydrogen-bond acceptors (Lipinski definition) is 4. The highest BCUT2D eigenvalue weighted by Gasteiger charge is 2.07. The number of aldehydes is 1. The lowest BCUT2D eigenvalue weighted by atomic mass is 10.1. The smallest absolute Gasteiger partial charge is 0.329 e. The molecule has 0 fully saturated rings. The van der Waals surface area contributed by atoms with E-state index in [2.05, 4.69) is 0 Å². The Kier molecular flexibility index (Phi) is 4.55. The molecule has 0 spiro atoms. The van der Waals surface area contributed by atoms with E-state index in [0.29, 0.717) is 12.2 Å². The van der Waals surface area contributed by atoms with Gasteiger partial charge in [-0.3, -0.25) is 9.59 Å². The SMILES string of the molecule is O=CC(=O)C(=C\C(=O)O)/C=C/C(=O)O. The van der Waals surface area contributed by atoms with Crippen LogP contribution in [0.2, 0.25) is 0 Å². The molecule has 0 unspecified atom stereocenters. The molecule has 0 amide bonds. The van der Waals surface area contributed by atoms with Crippen LogP contribution in [0.5, 0.6) is 0 Å². The summed E-state index contributed by atoms with van der Waals surface area (Å²) in [6, 6.07) is 0. The summed E-state index contributed by atoms with van der Waals surface area (Å²) in [6.07, 6.45) is 1.67. The van der Waals surface area contributed by atoms with Gasteiger partial charge in [0.25, 0.3) is 0 Å². The van der Waals surface area contributed by atoms with Gasteiger partial charge in [0.2, 0.25) is 5.78 Å². The van der Waals surface area contributed by atoms with Gasteiger partial charge in [0.1, 0.15) is 0 Å². The fourth-order valence-electron chi connectivity index (χ4n) is 0.564. The van der Waals surface area contributed by atoms with E-state index < -0.39 is 23.3 Å². The first-order chi connectivity index (χ1) is 6.47. The minimum absolute atomic E-state index is 0.0963. The highest BCUT2D eigenvalue weighted by Crippen LogP contribution is 1.97. The minimum Gasteiger partial charge on any atom is -0.478 e. The lowest BCUT2D eigenvalue weighted by molar-refractivity contribution is -0.132. The van der Waals surface area contributed by atoms with Crippen LogP contribution in [-0.2, 0) is 19.2 Å². The standard InChI is InChI=1S/C8H6O6/c9-4-6(10)5(3-8(13)14)1-2-7(11)12/h1-4H,(H,11,12)(H,13,14)/b2-1+,5-3-. The molecular formula is C8H6O6. The Labute approximate surface area is 78.1 Å². The van der Waals surface area contributed by atoms with Crippen molar-refractivity contribution in [2.75, 3.05) is 0 Å². The molecule has 0 aliphatic rings. The third-order valence-corrected chi connectivity index (χ3v) is 1.08. The van der Waals surface area contributed by atoms with Crippen LogP contribution in [0, 0.1) is 0 Å². The molecule has 14 heavy (non-hydrogen) atoms. The minimum atomic E-state index is -1.44. The quantitative estimate of drug-likeness (QED) is 0.264. The van der Waals surface area contributed by atoms with Crippen LogP contribution in [0.15, 0.2) is 23.8 Å². The third-order valence-electron chi connectivity index (χ3n) is 1.08. The topological polar surface area (TPSA) is 109 Å². The van der Waals surface area contributed by atoms with Crippen molar-refractivity contribution in [3.05, 3.63) is 23.8 Å².